The summed E-state index contributed by atoms with van der Waals surface area (Å²) in [7, 11) is 1.97. The highest BCUT2D eigenvalue weighted by Gasteiger charge is 2.30. The van der Waals surface area contributed by atoms with E-state index in [9.17, 15) is 8.78 Å². The Hall–Kier alpha value is -2.52. The first kappa shape index (κ1) is 20.7. The van der Waals surface area contributed by atoms with Crippen molar-refractivity contribution in [1.82, 2.24) is 18.9 Å². The molecule has 1 aliphatic heterocycles. The van der Waals surface area contributed by atoms with Crippen molar-refractivity contribution in [2.75, 3.05) is 18.5 Å². The van der Waals surface area contributed by atoms with Crippen molar-refractivity contribution in [3.8, 4) is 0 Å². The zero-order valence-corrected chi connectivity index (χ0v) is 17.8. The molecule has 1 unspecified atom stereocenters. The van der Waals surface area contributed by atoms with Crippen molar-refractivity contribution in [3.63, 3.8) is 0 Å². The van der Waals surface area contributed by atoms with E-state index in [2.05, 4.69) is 14.4 Å². The second-order valence-electron chi connectivity index (χ2n) is 7.30. The van der Waals surface area contributed by atoms with Crippen LogP contribution in [0.1, 0.15) is 43.4 Å². The van der Waals surface area contributed by atoms with Crippen LogP contribution in [0.15, 0.2) is 41.1 Å². The second kappa shape index (κ2) is 9.09. The van der Waals surface area contributed by atoms with Crippen molar-refractivity contribution in [3.05, 3.63) is 59.4 Å². The van der Waals surface area contributed by atoms with Crippen LogP contribution in [-0.2, 0) is 6.54 Å². The zero-order valence-electron chi connectivity index (χ0n) is 17.0. The molecule has 0 N–H and O–H groups in total. The number of rotatable bonds is 7. The Labute approximate surface area is 178 Å². The van der Waals surface area contributed by atoms with Gasteiger partial charge in [-0.25, -0.2) is 27.0 Å². The maximum Gasteiger partial charge on any atom is 0.161 e. The maximum atomic E-state index is 14.4. The molecule has 0 saturated carbocycles. The van der Waals surface area contributed by atoms with E-state index < -0.39 is 5.82 Å². The van der Waals surface area contributed by atoms with Crippen molar-refractivity contribution < 1.29 is 8.78 Å². The third kappa shape index (κ3) is 4.32. The summed E-state index contributed by atoms with van der Waals surface area (Å²) in [4.78, 5) is 6.88. The molecule has 9 heteroatoms. The van der Waals surface area contributed by atoms with Crippen molar-refractivity contribution in [2.45, 2.75) is 38.8 Å². The fourth-order valence-corrected chi connectivity index (χ4v) is 4.34. The smallest absolute Gasteiger partial charge is 0.161 e. The van der Waals surface area contributed by atoms with Gasteiger partial charge in [-0.1, -0.05) is 6.92 Å². The van der Waals surface area contributed by atoms with Gasteiger partial charge in [0.15, 0.2) is 5.65 Å². The van der Waals surface area contributed by atoms with Gasteiger partial charge in [-0.05, 0) is 50.6 Å². The lowest BCUT2D eigenvalue weighted by Crippen LogP contribution is -2.24. The van der Waals surface area contributed by atoms with E-state index in [0.29, 0.717) is 12.1 Å². The fraction of sp³-hybridized carbons (Fsp3) is 0.381. The van der Waals surface area contributed by atoms with Gasteiger partial charge in [-0.3, -0.25) is 0 Å². The number of nitrogens with zero attached hydrogens (tertiary/aromatic N) is 6. The Kier molecular flexibility index (Phi) is 6.29. The van der Waals surface area contributed by atoms with E-state index in [1.807, 2.05) is 36.8 Å². The summed E-state index contributed by atoms with van der Waals surface area (Å²) in [6.45, 7) is 3.42. The van der Waals surface area contributed by atoms with Gasteiger partial charge in [0.05, 0.1) is 24.4 Å². The molecule has 0 bridgehead atoms. The second-order valence-corrected chi connectivity index (χ2v) is 8.30. The molecule has 3 aromatic rings. The first-order chi connectivity index (χ1) is 14.6. The van der Waals surface area contributed by atoms with E-state index in [-0.39, 0.29) is 11.9 Å². The van der Waals surface area contributed by atoms with Crippen molar-refractivity contribution >= 4 is 29.8 Å². The van der Waals surface area contributed by atoms with E-state index in [1.165, 1.54) is 24.3 Å². The predicted molar refractivity (Wildman–Crippen MR) is 117 cm³/mol. The molecule has 30 heavy (non-hydrogen) atoms. The van der Waals surface area contributed by atoms with Crippen LogP contribution in [0.2, 0.25) is 0 Å². The zero-order chi connectivity index (χ0) is 21.1. The fourth-order valence-electron chi connectivity index (χ4n) is 3.77. The molecule has 1 aromatic carbocycles. The first-order valence-electron chi connectivity index (χ1n) is 10.0. The molecule has 4 rings (SSSR count). The minimum Gasteiger partial charge on any atom is -0.349 e. The normalized spacial score (nSPS) is 17.1. The third-order valence-electron chi connectivity index (χ3n) is 5.13. The molecule has 158 valence electrons. The van der Waals surface area contributed by atoms with Crippen LogP contribution < -0.4 is 4.90 Å². The molecule has 3 heterocycles. The predicted octanol–water partition coefficient (Wildman–Crippen LogP) is 4.82. The Balaban J connectivity index is 1.61. The van der Waals surface area contributed by atoms with Gasteiger partial charge in [0.1, 0.15) is 17.5 Å². The monoisotopic (exact) mass is 430 g/mol. The molecule has 1 atom stereocenters. The van der Waals surface area contributed by atoms with E-state index >= 15 is 0 Å². The van der Waals surface area contributed by atoms with E-state index in [0.717, 1.165) is 48.9 Å². The molecule has 1 fully saturated rings. The molecule has 1 aliphatic rings. The number of anilines is 1. The van der Waals surface area contributed by atoms with Crippen LogP contribution in [0.3, 0.4) is 0 Å². The highest BCUT2D eigenvalue weighted by Crippen LogP contribution is 2.37. The first-order valence-corrected chi connectivity index (χ1v) is 10.7. The molecular weight excluding hydrogens is 406 g/mol. The van der Waals surface area contributed by atoms with Crippen LogP contribution >= 0.6 is 12.1 Å². The summed E-state index contributed by atoms with van der Waals surface area (Å²) >= 11 is 1.39. The highest BCUT2D eigenvalue weighted by atomic mass is 32.2. The summed E-state index contributed by atoms with van der Waals surface area (Å²) in [5.41, 5.74) is 2.11. The van der Waals surface area contributed by atoms with Crippen LogP contribution in [0.25, 0.3) is 5.65 Å². The lowest BCUT2D eigenvalue weighted by atomic mass is 10.0. The number of hydrogen-bond acceptors (Lipinski definition) is 6. The van der Waals surface area contributed by atoms with Crippen LogP contribution in [0.4, 0.5) is 14.6 Å². The standard InChI is InChI=1S/C21H24F2N6S/c1-3-9-25-30-27(2)14-15-13-24-29-11-8-20(26-21(15)29)28-10-4-5-19(28)17-12-16(22)6-7-18(17)23/h6-9,11-13,19H,3-5,10,14H2,1-2H3. The lowest BCUT2D eigenvalue weighted by molar-refractivity contribution is 0.560. The minimum absolute atomic E-state index is 0.233. The summed E-state index contributed by atoms with van der Waals surface area (Å²) < 4.78 is 36.2. The molecule has 1 saturated heterocycles. The average molecular weight is 431 g/mol. The van der Waals surface area contributed by atoms with Crippen molar-refractivity contribution in [1.29, 1.82) is 0 Å². The molecule has 0 radical (unpaired) electrons. The molecular formula is C21H24F2N6S. The number of benzene rings is 1. The summed E-state index contributed by atoms with van der Waals surface area (Å²) in [6.07, 6.45) is 8.09. The summed E-state index contributed by atoms with van der Waals surface area (Å²) in [6, 6.07) is 5.29. The van der Waals surface area contributed by atoms with Crippen LogP contribution in [0.5, 0.6) is 0 Å². The molecule has 6 nitrogen and oxygen atoms in total. The van der Waals surface area contributed by atoms with Gasteiger partial charge >= 0.3 is 0 Å². The van der Waals surface area contributed by atoms with Gasteiger partial charge in [-0.15, -0.1) is 0 Å². The average Bonchev–Trinajstić information content (AvgIpc) is 3.37. The quantitative estimate of drug-likeness (QED) is 0.397. The van der Waals surface area contributed by atoms with Gasteiger partial charge in [0, 0.05) is 36.6 Å². The molecule has 0 aliphatic carbocycles. The summed E-state index contributed by atoms with van der Waals surface area (Å²) in [5.74, 6) is -0.0635. The summed E-state index contributed by atoms with van der Waals surface area (Å²) in [5, 5.41) is 4.39. The van der Waals surface area contributed by atoms with E-state index in [4.69, 9.17) is 4.98 Å². The highest BCUT2D eigenvalue weighted by molar-refractivity contribution is 7.95. The van der Waals surface area contributed by atoms with Gasteiger partial charge in [0.25, 0.3) is 0 Å². The largest absolute Gasteiger partial charge is 0.349 e. The Bertz CT molecular complexity index is 1050. The SMILES string of the molecule is CCC=NSN(C)Cc1cnn2ccc(N3CCCC3c3cc(F)ccc3F)nc12. The topological polar surface area (TPSA) is 49.0 Å². The molecule has 0 spiro atoms. The number of aromatic nitrogens is 3. The number of fused-ring (bicyclic) bond motifs is 1. The number of halogens is 2. The van der Waals surface area contributed by atoms with Gasteiger partial charge < -0.3 is 4.90 Å². The third-order valence-corrected chi connectivity index (χ3v) is 5.78. The van der Waals surface area contributed by atoms with Gasteiger partial charge in [-0.2, -0.15) is 5.10 Å². The molecule has 0 amide bonds. The molecule has 2 aromatic heterocycles. The van der Waals surface area contributed by atoms with Crippen LogP contribution in [0, 0.1) is 11.6 Å². The van der Waals surface area contributed by atoms with Crippen LogP contribution in [-0.4, -0.2) is 38.7 Å². The van der Waals surface area contributed by atoms with Gasteiger partial charge in [0.2, 0.25) is 0 Å². The minimum atomic E-state index is -0.425. The van der Waals surface area contributed by atoms with Crippen molar-refractivity contribution in [2.24, 2.45) is 4.40 Å². The lowest BCUT2D eigenvalue weighted by Gasteiger charge is -2.26. The Morgan fingerprint density at radius 2 is 2.20 bits per heavy atom. The maximum absolute atomic E-state index is 14.4. The Morgan fingerprint density at radius 1 is 1.33 bits per heavy atom. The Morgan fingerprint density at radius 3 is 3.03 bits per heavy atom. The van der Waals surface area contributed by atoms with E-state index in [1.54, 1.807) is 10.7 Å². The number of hydrogen-bond donors (Lipinski definition) is 0.